The maximum Gasteiger partial charge on any atom is 0.279 e. The fourth-order valence-corrected chi connectivity index (χ4v) is 4.88. The highest BCUT2D eigenvalue weighted by atomic mass is 32.2. The molecule has 4 rings (SSSR count). The van der Waals surface area contributed by atoms with Crippen LogP contribution >= 0.6 is 0 Å². The number of ether oxygens (including phenoxy) is 3. The number of benzene rings is 1. The molecule has 0 aliphatic rings. The molecule has 0 unspecified atom stereocenters. The van der Waals surface area contributed by atoms with E-state index in [9.17, 15) is 17.6 Å². The van der Waals surface area contributed by atoms with Gasteiger partial charge in [0, 0.05) is 30.6 Å². The molecule has 1 aromatic carbocycles. The van der Waals surface area contributed by atoms with E-state index in [1.165, 1.54) is 39.8 Å². The lowest BCUT2D eigenvalue weighted by atomic mass is 10.1. The van der Waals surface area contributed by atoms with Crippen molar-refractivity contribution >= 4 is 32.7 Å². The van der Waals surface area contributed by atoms with Crippen LogP contribution in [0.4, 0.5) is 10.2 Å². The average molecular weight is 547 g/mol. The number of methoxy groups -OCH3 is 3. The van der Waals surface area contributed by atoms with Gasteiger partial charge in [-0.05, 0) is 17.7 Å². The van der Waals surface area contributed by atoms with E-state index >= 15 is 0 Å². The van der Waals surface area contributed by atoms with Gasteiger partial charge in [0.25, 0.3) is 15.9 Å². The summed E-state index contributed by atoms with van der Waals surface area (Å²) in [6, 6.07) is 4.72. The summed E-state index contributed by atoms with van der Waals surface area (Å²) in [4.78, 5) is 15.0. The van der Waals surface area contributed by atoms with E-state index in [0.29, 0.717) is 16.9 Å². The number of nitrogens with zero attached hydrogens (tertiary/aromatic N) is 4. The second-order valence-electron chi connectivity index (χ2n) is 7.79. The summed E-state index contributed by atoms with van der Waals surface area (Å²) in [5, 5.41) is 10.8. The number of aromatic nitrogens is 4. The average Bonchev–Trinajstić information content (AvgIpc) is 3.52. The molecule has 0 saturated carbocycles. The molecule has 0 atom stereocenters. The third kappa shape index (κ3) is 5.36. The molecule has 0 bridgehead atoms. The quantitative estimate of drug-likeness (QED) is 0.267. The minimum absolute atomic E-state index is 0.0270. The van der Waals surface area contributed by atoms with E-state index < -0.39 is 21.8 Å². The number of hydrogen-bond donors (Lipinski definition) is 2. The first kappa shape index (κ1) is 26.4. The second kappa shape index (κ2) is 10.8. The van der Waals surface area contributed by atoms with Crippen LogP contribution in [-0.4, -0.2) is 55.6 Å². The van der Waals surface area contributed by atoms with Crippen molar-refractivity contribution < 1.29 is 36.3 Å². The Labute approximate surface area is 216 Å². The van der Waals surface area contributed by atoms with Gasteiger partial charge in [-0.1, -0.05) is 11.7 Å². The van der Waals surface area contributed by atoms with Crippen LogP contribution in [0.25, 0.3) is 11.0 Å². The number of sulfonamides is 1. The van der Waals surface area contributed by atoms with Crippen molar-refractivity contribution in [1.29, 1.82) is 0 Å². The number of nitrogens with one attached hydrogen (secondary N) is 2. The molecule has 0 aliphatic heterocycles. The Morgan fingerprint density at radius 1 is 1.16 bits per heavy atom. The Morgan fingerprint density at radius 2 is 1.92 bits per heavy atom. The topological polar surface area (TPSA) is 160 Å². The molecule has 38 heavy (non-hydrogen) atoms. The molecule has 15 heteroatoms. The van der Waals surface area contributed by atoms with Crippen molar-refractivity contribution in [3.05, 3.63) is 60.3 Å². The van der Waals surface area contributed by atoms with Crippen molar-refractivity contribution in [2.24, 2.45) is 0 Å². The molecule has 1 amide bonds. The van der Waals surface area contributed by atoms with E-state index in [0.717, 1.165) is 0 Å². The van der Waals surface area contributed by atoms with Gasteiger partial charge in [0.2, 0.25) is 5.88 Å². The van der Waals surface area contributed by atoms with Gasteiger partial charge in [0.1, 0.15) is 16.9 Å². The minimum Gasteiger partial charge on any atom is -0.496 e. The maximum absolute atomic E-state index is 13.2. The Kier molecular flexibility index (Phi) is 7.47. The highest BCUT2D eigenvalue weighted by Gasteiger charge is 2.29. The molecular weight excluding hydrogens is 523 g/mol. The van der Waals surface area contributed by atoms with E-state index in [1.807, 2.05) is 0 Å². The van der Waals surface area contributed by atoms with Gasteiger partial charge in [-0.15, -0.1) is 0 Å². The zero-order valence-electron chi connectivity index (χ0n) is 20.5. The molecule has 200 valence electrons. The summed E-state index contributed by atoms with van der Waals surface area (Å²) in [6.07, 6.45) is 4.55. The van der Waals surface area contributed by atoms with Gasteiger partial charge in [0.15, 0.2) is 22.1 Å². The van der Waals surface area contributed by atoms with Crippen LogP contribution in [0.5, 0.6) is 17.4 Å². The molecule has 0 radical (unpaired) electrons. The molecule has 0 spiro atoms. The molecule has 0 aliphatic carbocycles. The number of anilines is 1. The van der Waals surface area contributed by atoms with Gasteiger partial charge in [0.05, 0.1) is 34.1 Å². The number of amides is 1. The first-order chi connectivity index (χ1) is 18.2. The third-order valence-corrected chi connectivity index (χ3v) is 6.67. The Bertz CT molecular complexity index is 1590. The number of carbonyl (C=O) groups is 1. The number of hydrogen-bond acceptors (Lipinski definition) is 10. The van der Waals surface area contributed by atoms with Crippen molar-refractivity contribution in [3.8, 4) is 17.4 Å². The van der Waals surface area contributed by atoms with Crippen molar-refractivity contribution in [1.82, 2.24) is 25.2 Å². The minimum atomic E-state index is -4.27. The highest BCUT2D eigenvalue weighted by Crippen LogP contribution is 2.37. The van der Waals surface area contributed by atoms with Crippen LogP contribution in [0.1, 0.15) is 11.1 Å². The van der Waals surface area contributed by atoms with Crippen molar-refractivity contribution in [2.45, 2.75) is 18.0 Å². The Balaban J connectivity index is 1.60. The molecule has 0 fully saturated rings. The fraction of sp³-hybridized carbons (Fsp3) is 0.217. The molecule has 3 heterocycles. The SMILES string of the molecule is C=C(F)C(=O)NCc1cnn(Cc2cc(OC)c3c(NS(=O)(=O)c4c(OC)ccnc4OC)noc3c2)c1. The first-order valence-electron chi connectivity index (χ1n) is 10.9. The summed E-state index contributed by atoms with van der Waals surface area (Å²) in [6.45, 7) is 3.30. The Hall–Kier alpha value is -4.66. The number of halogens is 1. The van der Waals surface area contributed by atoms with Gasteiger partial charge in [-0.2, -0.15) is 5.10 Å². The molecule has 0 saturated heterocycles. The van der Waals surface area contributed by atoms with E-state index in [1.54, 1.807) is 23.0 Å². The summed E-state index contributed by atoms with van der Waals surface area (Å²) >= 11 is 0. The summed E-state index contributed by atoms with van der Waals surface area (Å²) in [5.41, 5.74) is 1.60. The molecule has 3 aromatic heterocycles. The monoisotopic (exact) mass is 546 g/mol. The molecule has 13 nitrogen and oxygen atoms in total. The van der Waals surface area contributed by atoms with E-state index in [-0.39, 0.29) is 46.4 Å². The lowest BCUT2D eigenvalue weighted by Crippen LogP contribution is -2.22. The highest BCUT2D eigenvalue weighted by molar-refractivity contribution is 7.93. The van der Waals surface area contributed by atoms with Crippen LogP contribution < -0.4 is 24.2 Å². The zero-order chi connectivity index (χ0) is 27.4. The van der Waals surface area contributed by atoms with Gasteiger partial charge < -0.3 is 24.1 Å². The Morgan fingerprint density at radius 3 is 2.61 bits per heavy atom. The summed E-state index contributed by atoms with van der Waals surface area (Å²) in [5.74, 6) is -1.92. The molecule has 2 N–H and O–H groups in total. The lowest BCUT2D eigenvalue weighted by molar-refractivity contribution is -0.119. The summed E-state index contributed by atoms with van der Waals surface area (Å²) < 4.78 is 64.5. The van der Waals surface area contributed by atoms with Gasteiger partial charge >= 0.3 is 0 Å². The van der Waals surface area contributed by atoms with Crippen molar-refractivity contribution in [3.63, 3.8) is 0 Å². The third-order valence-electron chi connectivity index (χ3n) is 5.30. The fourth-order valence-electron chi connectivity index (χ4n) is 3.61. The number of pyridine rings is 1. The van der Waals surface area contributed by atoms with Crippen LogP contribution in [0, 0.1) is 0 Å². The van der Waals surface area contributed by atoms with E-state index in [4.69, 9.17) is 18.7 Å². The predicted octanol–water partition coefficient (Wildman–Crippen LogP) is 2.39. The van der Waals surface area contributed by atoms with Crippen LogP contribution in [-0.2, 0) is 27.9 Å². The maximum atomic E-state index is 13.2. The smallest absolute Gasteiger partial charge is 0.279 e. The first-order valence-corrected chi connectivity index (χ1v) is 12.3. The van der Waals surface area contributed by atoms with Gasteiger partial charge in [-0.3, -0.25) is 14.2 Å². The standard InChI is InChI=1S/C23H23FN6O7S/c1-13(24)22(31)26-9-15-10-27-30(12-15)11-14-7-17(35-3)19-18(8-14)37-28-21(19)29-38(32,33)20-16(34-2)5-6-25-23(20)36-4/h5-8,10,12H,1,9,11H2,2-4H3,(H,26,31)(H,28,29). The van der Waals surface area contributed by atoms with Gasteiger partial charge in [-0.25, -0.2) is 17.8 Å². The number of rotatable bonds is 11. The van der Waals surface area contributed by atoms with Crippen LogP contribution in [0.15, 0.2) is 58.6 Å². The number of fused-ring (bicyclic) bond motifs is 1. The van der Waals surface area contributed by atoms with Crippen molar-refractivity contribution in [2.75, 3.05) is 26.1 Å². The summed E-state index contributed by atoms with van der Waals surface area (Å²) in [7, 11) is -0.239. The second-order valence-corrected chi connectivity index (χ2v) is 9.41. The van der Waals surface area contributed by atoms with E-state index in [2.05, 4.69) is 31.9 Å². The van der Waals surface area contributed by atoms with Crippen LogP contribution in [0.2, 0.25) is 0 Å². The molecular formula is C23H23FN6O7S. The predicted molar refractivity (Wildman–Crippen MR) is 132 cm³/mol. The largest absolute Gasteiger partial charge is 0.496 e. The molecule has 4 aromatic rings. The number of carbonyl (C=O) groups excluding carboxylic acids is 1. The zero-order valence-corrected chi connectivity index (χ0v) is 21.3. The lowest BCUT2D eigenvalue weighted by Gasteiger charge is -2.13. The van der Waals surface area contributed by atoms with Crippen LogP contribution in [0.3, 0.4) is 0 Å². The normalized spacial score (nSPS) is 11.3.